The van der Waals surface area contributed by atoms with Crippen LogP contribution in [-0.4, -0.2) is 64.8 Å². The minimum atomic E-state index is -1.54. The molecule has 0 aromatic carbocycles. The molecule has 3 heterocycles. The van der Waals surface area contributed by atoms with E-state index in [1.807, 2.05) is 0 Å². The highest BCUT2D eigenvalue weighted by atomic mass is 16.6. The highest BCUT2D eigenvalue weighted by Gasteiger charge is 2.92. The van der Waals surface area contributed by atoms with Crippen LogP contribution < -0.4 is 5.32 Å². The minimum absolute atomic E-state index is 0.378. The molecule has 3 unspecified atom stereocenters. The van der Waals surface area contributed by atoms with Gasteiger partial charge in [-0.05, 0) is 31.1 Å². The van der Waals surface area contributed by atoms with Crippen molar-refractivity contribution in [1.29, 1.82) is 0 Å². The van der Waals surface area contributed by atoms with Crippen molar-refractivity contribution < 1.29 is 20.1 Å². The van der Waals surface area contributed by atoms with E-state index in [1.165, 1.54) is 32.0 Å². The molecule has 156 valence electrons. The SMILES string of the molecule is CC1(C)[C@]2(O)[C@H](n3cnc4c(NC5CC6CCC5C6)ncnc43)O[C@H](CO)[C@]12O. The molecule has 0 spiro atoms. The molecule has 6 rings (SSSR count). The number of aliphatic hydroxyl groups excluding tert-OH is 1. The first-order valence-electron chi connectivity index (χ1n) is 10.5. The van der Waals surface area contributed by atoms with Gasteiger partial charge in [-0.1, -0.05) is 20.3 Å². The molecule has 4 N–H and O–H groups in total. The summed E-state index contributed by atoms with van der Waals surface area (Å²) in [7, 11) is 0. The number of hydrogen-bond acceptors (Lipinski definition) is 8. The van der Waals surface area contributed by atoms with E-state index in [0.717, 1.165) is 5.92 Å². The predicted octanol–water partition coefficient (Wildman–Crippen LogP) is 0.818. The van der Waals surface area contributed by atoms with Gasteiger partial charge in [-0.25, -0.2) is 15.0 Å². The molecule has 1 aliphatic heterocycles. The minimum Gasteiger partial charge on any atom is -0.394 e. The topological polar surface area (TPSA) is 126 Å². The molecular formula is C20H27N5O4. The van der Waals surface area contributed by atoms with Gasteiger partial charge in [0.25, 0.3) is 0 Å². The number of aliphatic hydroxyl groups is 3. The number of fused-ring (bicyclic) bond motifs is 4. The van der Waals surface area contributed by atoms with Crippen molar-refractivity contribution in [1.82, 2.24) is 19.5 Å². The average molecular weight is 401 g/mol. The number of nitrogens with one attached hydrogen (secondary N) is 1. The van der Waals surface area contributed by atoms with Crippen LogP contribution in [0.4, 0.5) is 5.82 Å². The summed E-state index contributed by atoms with van der Waals surface area (Å²) in [4.78, 5) is 13.3. The van der Waals surface area contributed by atoms with Gasteiger partial charge in [0, 0.05) is 11.5 Å². The third-order valence-corrected chi connectivity index (χ3v) is 8.38. The lowest BCUT2D eigenvalue weighted by Gasteiger charge is -2.27. The molecule has 7 atom stereocenters. The standard InChI is InChI=1S/C20H27N5O4/c1-18(2)19(27)13(7-26)29-17(20(18,19)28)25-9-23-14-15(21-8-22-16(14)25)24-12-6-10-3-4-11(12)5-10/h8-13,17,26-28H,3-7H2,1-2H3,(H,21,22,24)/t10?,11?,12?,13-,17-,19+,20-/m1/s1. The van der Waals surface area contributed by atoms with Crippen LogP contribution >= 0.6 is 0 Å². The Labute approximate surface area is 168 Å². The van der Waals surface area contributed by atoms with Crippen LogP contribution in [0.3, 0.4) is 0 Å². The maximum atomic E-state index is 11.3. The third-order valence-electron chi connectivity index (χ3n) is 8.38. The van der Waals surface area contributed by atoms with Crippen molar-refractivity contribution in [3.8, 4) is 0 Å². The first-order chi connectivity index (χ1) is 13.8. The summed E-state index contributed by atoms with van der Waals surface area (Å²) in [6, 6.07) is 0.412. The molecule has 2 aromatic heterocycles. The van der Waals surface area contributed by atoms with E-state index in [-0.39, 0.29) is 6.61 Å². The maximum Gasteiger partial charge on any atom is 0.169 e. The Bertz CT molecular complexity index is 994. The van der Waals surface area contributed by atoms with Gasteiger partial charge in [0.15, 0.2) is 23.2 Å². The fourth-order valence-electron chi connectivity index (χ4n) is 6.56. The molecule has 9 heteroatoms. The summed E-state index contributed by atoms with van der Waals surface area (Å²) >= 11 is 0. The first kappa shape index (κ1) is 18.0. The number of aromatic nitrogens is 4. The van der Waals surface area contributed by atoms with Crippen LogP contribution in [0, 0.1) is 17.3 Å². The van der Waals surface area contributed by atoms with Gasteiger partial charge in [0.2, 0.25) is 0 Å². The molecule has 2 bridgehead atoms. The summed E-state index contributed by atoms with van der Waals surface area (Å²) < 4.78 is 7.52. The Morgan fingerprint density at radius 2 is 2.00 bits per heavy atom. The van der Waals surface area contributed by atoms with E-state index >= 15 is 0 Å². The van der Waals surface area contributed by atoms with Gasteiger partial charge in [0.1, 0.15) is 23.6 Å². The molecule has 0 radical (unpaired) electrons. The molecule has 0 amide bonds. The molecular weight excluding hydrogens is 374 g/mol. The maximum absolute atomic E-state index is 11.3. The fraction of sp³-hybridized carbons (Fsp3) is 0.750. The molecule has 1 saturated heterocycles. The van der Waals surface area contributed by atoms with Crippen LogP contribution in [0.2, 0.25) is 0 Å². The second kappa shape index (κ2) is 5.46. The lowest BCUT2D eigenvalue weighted by atomic mass is 9.95. The number of nitrogens with zero attached hydrogens (tertiary/aromatic N) is 4. The Morgan fingerprint density at radius 3 is 2.66 bits per heavy atom. The molecule has 2 aromatic rings. The van der Waals surface area contributed by atoms with Crippen LogP contribution in [0.15, 0.2) is 12.7 Å². The monoisotopic (exact) mass is 401 g/mol. The highest BCUT2D eigenvalue weighted by Crippen LogP contribution is 2.75. The number of hydrogen-bond donors (Lipinski definition) is 4. The molecule has 4 fully saturated rings. The zero-order chi connectivity index (χ0) is 20.2. The van der Waals surface area contributed by atoms with Gasteiger partial charge in [-0.2, -0.15) is 0 Å². The van der Waals surface area contributed by atoms with Crippen LogP contribution in [-0.2, 0) is 4.74 Å². The molecule has 4 aliphatic rings. The van der Waals surface area contributed by atoms with Gasteiger partial charge in [-0.15, -0.1) is 0 Å². The number of anilines is 1. The molecule has 3 saturated carbocycles. The number of rotatable bonds is 4. The summed E-state index contributed by atoms with van der Waals surface area (Å²) in [6.45, 7) is 3.18. The van der Waals surface area contributed by atoms with Crippen LogP contribution in [0.25, 0.3) is 11.2 Å². The quantitative estimate of drug-likeness (QED) is 0.593. The van der Waals surface area contributed by atoms with Gasteiger partial charge in [-0.3, -0.25) is 4.57 Å². The van der Waals surface area contributed by atoms with Crippen LogP contribution in [0.1, 0.15) is 45.8 Å². The first-order valence-corrected chi connectivity index (χ1v) is 10.5. The van der Waals surface area contributed by atoms with E-state index in [1.54, 1.807) is 24.7 Å². The Hall–Kier alpha value is -1.81. The summed E-state index contributed by atoms with van der Waals surface area (Å²) in [6.07, 6.45) is 6.35. The van der Waals surface area contributed by atoms with Crippen molar-refractivity contribution in [2.75, 3.05) is 11.9 Å². The van der Waals surface area contributed by atoms with E-state index < -0.39 is 28.9 Å². The van der Waals surface area contributed by atoms with Gasteiger partial charge in [0.05, 0.1) is 12.9 Å². The van der Waals surface area contributed by atoms with Crippen molar-refractivity contribution in [3.05, 3.63) is 12.7 Å². The summed E-state index contributed by atoms with van der Waals surface area (Å²) in [5.74, 6) is 2.21. The zero-order valence-corrected chi connectivity index (χ0v) is 16.6. The highest BCUT2D eigenvalue weighted by molar-refractivity contribution is 5.83. The number of ether oxygens (including phenoxy) is 1. The van der Waals surface area contributed by atoms with Gasteiger partial charge >= 0.3 is 0 Å². The van der Waals surface area contributed by atoms with Crippen molar-refractivity contribution in [2.24, 2.45) is 17.3 Å². The predicted molar refractivity (Wildman–Crippen MR) is 103 cm³/mol. The number of imidazole rings is 1. The average Bonchev–Trinajstić information content (AvgIpc) is 3.35. The largest absolute Gasteiger partial charge is 0.394 e. The van der Waals surface area contributed by atoms with Crippen molar-refractivity contribution >= 4 is 17.0 Å². The lowest BCUT2D eigenvalue weighted by Crippen LogP contribution is -2.36. The second-order valence-electron chi connectivity index (χ2n) is 9.79. The zero-order valence-electron chi connectivity index (χ0n) is 16.6. The van der Waals surface area contributed by atoms with Gasteiger partial charge < -0.3 is 25.4 Å². The normalized spacial score (nSPS) is 44.4. The Balaban J connectivity index is 1.37. The van der Waals surface area contributed by atoms with E-state index in [4.69, 9.17) is 4.74 Å². The summed E-state index contributed by atoms with van der Waals surface area (Å²) in [5, 5.41) is 35.6. The van der Waals surface area contributed by atoms with Crippen LogP contribution in [0.5, 0.6) is 0 Å². The van der Waals surface area contributed by atoms with E-state index in [0.29, 0.717) is 28.9 Å². The third kappa shape index (κ3) is 1.93. The van der Waals surface area contributed by atoms with Crippen molar-refractivity contribution in [3.63, 3.8) is 0 Å². The van der Waals surface area contributed by atoms with Crippen molar-refractivity contribution in [2.45, 2.75) is 69.1 Å². The summed E-state index contributed by atoms with van der Waals surface area (Å²) in [5.41, 5.74) is -2.73. The molecule has 3 aliphatic carbocycles. The second-order valence-corrected chi connectivity index (χ2v) is 9.79. The molecule has 9 nitrogen and oxygen atoms in total. The molecule has 29 heavy (non-hydrogen) atoms. The van der Waals surface area contributed by atoms with E-state index in [2.05, 4.69) is 20.3 Å². The Kier molecular flexibility index (Phi) is 3.39. The Morgan fingerprint density at radius 1 is 1.17 bits per heavy atom. The van der Waals surface area contributed by atoms with E-state index in [9.17, 15) is 15.3 Å². The lowest BCUT2D eigenvalue weighted by molar-refractivity contribution is -0.123. The fourth-order valence-corrected chi connectivity index (χ4v) is 6.56. The smallest absolute Gasteiger partial charge is 0.169 e.